The average molecular weight is 237 g/mol. The molecule has 1 aromatic carbocycles. The summed E-state index contributed by atoms with van der Waals surface area (Å²) in [5, 5.41) is 9.38. The molecule has 0 aliphatic carbocycles. The van der Waals surface area contributed by atoms with E-state index < -0.39 is 17.0 Å². The zero-order chi connectivity index (χ0) is 12.9. The van der Waals surface area contributed by atoms with Crippen LogP contribution in [-0.4, -0.2) is 0 Å². The summed E-state index contributed by atoms with van der Waals surface area (Å²) in [6, 6.07) is 5.71. The van der Waals surface area contributed by atoms with Crippen LogP contribution in [0.15, 0.2) is 18.2 Å². The van der Waals surface area contributed by atoms with Crippen molar-refractivity contribution >= 4 is 0 Å². The van der Waals surface area contributed by atoms with Crippen LogP contribution in [0.1, 0.15) is 45.1 Å². The van der Waals surface area contributed by atoms with Crippen LogP contribution in [0.4, 0.5) is 8.78 Å². The Morgan fingerprint density at radius 1 is 1.18 bits per heavy atom. The Balaban J connectivity index is 3.25. The summed E-state index contributed by atoms with van der Waals surface area (Å²) >= 11 is 0. The summed E-state index contributed by atoms with van der Waals surface area (Å²) in [6.07, 6.45) is 2.79. The van der Waals surface area contributed by atoms with E-state index in [1.54, 1.807) is 0 Å². The Bertz CT molecular complexity index is 415. The summed E-state index contributed by atoms with van der Waals surface area (Å²) in [4.78, 5) is 0. The Morgan fingerprint density at radius 2 is 1.76 bits per heavy atom. The highest BCUT2D eigenvalue weighted by atomic mass is 19.1. The van der Waals surface area contributed by atoms with Crippen LogP contribution < -0.4 is 0 Å². The smallest absolute Gasteiger partial charge is 0.130 e. The lowest BCUT2D eigenvalue weighted by Crippen LogP contribution is -2.25. The van der Waals surface area contributed by atoms with Gasteiger partial charge in [0.15, 0.2) is 0 Å². The second-order valence-electron chi connectivity index (χ2n) is 4.32. The first-order valence-electron chi connectivity index (χ1n) is 5.96. The molecule has 0 unspecified atom stereocenters. The Labute approximate surface area is 101 Å². The van der Waals surface area contributed by atoms with Crippen LogP contribution in [0.2, 0.25) is 0 Å². The maximum absolute atomic E-state index is 13.8. The van der Waals surface area contributed by atoms with Crippen molar-refractivity contribution in [2.24, 2.45) is 0 Å². The Morgan fingerprint density at radius 3 is 2.18 bits per heavy atom. The summed E-state index contributed by atoms with van der Waals surface area (Å²) in [6.45, 7) is 3.92. The van der Waals surface area contributed by atoms with Crippen molar-refractivity contribution in [2.75, 3.05) is 0 Å². The second-order valence-corrected chi connectivity index (χ2v) is 4.32. The maximum Gasteiger partial charge on any atom is 0.130 e. The molecule has 3 heteroatoms. The molecule has 0 heterocycles. The van der Waals surface area contributed by atoms with Gasteiger partial charge in [-0.15, -0.1) is 0 Å². The number of benzene rings is 1. The average Bonchev–Trinajstić information content (AvgIpc) is 2.28. The van der Waals surface area contributed by atoms with Crippen molar-refractivity contribution in [1.82, 2.24) is 0 Å². The minimum Gasteiger partial charge on any atom is -0.207 e. The molecule has 1 rings (SSSR count). The summed E-state index contributed by atoms with van der Waals surface area (Å²) in [7, 11) is 0. The molecule has 0 atom stereocenters. The van der Waals surface area contributed by atoms with E-state index in [1.807, 2.05) is 13.8 Å². The van der Waals surface area contributed by atoms with Crippen LogP contribution in [-0.2, 0) is 5.41 Å². The summed E-state index contributed by atoms with van der Waals surface area (Å²) < 4.78 is 26.7. The molecule has 0 bridgehead atoms. The quantitative estimate of drug-likeness (QED) is 0.747. The predicted octanol–water partition coefficient (Wildman–Crippen LogP) is 4.33. The third-order valence-electron chi connectivity index (χ3n) is 3.01. The summed E-state index contributed by atoms with van der Waals surface area (Å²) in [5.74, 6) is -1.22. The largest absolute Gasteiger partial charge is 0.207 e. The van der Waals surface area contributed by atoms with Crippen molar-refractivity contribution in [3.8, 4) is 6.07 Å². The third-order valence-corrected chi connectivity index (χ3v) is 3.01. The highest BCUT2D eigenvalue weighted by molar-refractivity contribution is 5.34. The SMILES string of the molecule is CCCC(C#N)(CCC)c1ccc(F)cc1F. The lowest BCUT2D eigenvalue weighted by molar-refractivity contribution is 0.428. The van der Waals surface area contributed by atoms with E-state index in [4.69, 9.17) is 0 Å². The van der Waals surface area contributed by atoms with Crippen molar-refractivity contribution in [2.45, 2.75) is 44.9 Å². The van der Waals surface area contributed by atoms with Crippen LogP contribution in [0.5, 0.6) is 0 Å². The number of rotatable bonds is 5. The lowest BCUT2D eigenvalue weighted by Gasteiger charge is -2.26. The predicted molar refractivity (Wildman–Crippen MR) is 63.5 cm³/mol. The van der Waals surface area contributed by atoms with Gasteiger partial charge in [0.1, 0.15) is 11.6 Å². The number of hydrogen-bond donors (Lipinski definition) is 0. The van der Waals surface area contributed by atoms with E-state index >= 15 is 0 Å². The molecule has 0 N–H and O–H groups in total. The van der Waals surface area contributed by atoms with E-state index in [9.17, 15) is 14.0 Å². The number of nitrogens with zero attached hydrogens (tertiary/aromatic N) is 1. The standard InChI is InChI=1S/C14H17F2N/c1-3-7-14(10-17,8-4-2)12-6-5-11(15)9-13(12)16/h5-6,9H,3-4,7-8H2,1-2H3. The lowest BCUT2D eigenvalue weighted by atomic mass is 9.74. The Kier molecular flexibility index (Phi) is 4.62. The number of nitriles is 1. The van der Waals surface area contributed by atoms with Gasteiger partial charge in [-0.3, -0.25) is 0 Å². The summed E-state index contributed by atoms with van der Waals surface area (Å²) in [5.41, 5.74) is -0.494. The molecule has 0 saturated carbocycles. The van der Waals surface area contributed by atoms with Gasteiger partial charge in [0.25, 0.3) is 0 Å². The van der Waals surface area contributed by atoms with Gasteiger partial charge in [-0.05, 0) is 18.9 Å². The topological polar surface area (TPSA) is 23.8 Å². The number of halogens is 2. The van der Waals surface area contributed by atoms with Crippen molar-refractivity contribution < 1.29 is 8.78 Å². The molecular formula is C14H17F2N. The fourth-order valence-corrected chi connectivity index (χ4v) is 2.30. The van der Waals surface area contributed by atoms with Crippen molar-refractivity contribution in [3.05, 3.63) is 35.4 Å². The molecule has 0 aromatic heterocycles. The molecule has 0 aliphatic rings. The van der Waals surface area contributed by atoms with Crippen molar-refractivity contribution in [1.29, 1.82) is 5.26 Å². The molecule has 0 spiro atoms. The van der Waals surface area contributed by atoms with Gasteiger partial charge in [0, 0.05) is 11.6 Å². The third kappa shape index (κ3) is 2.82. The minimum atomic E-state index is -0.818. The molecule has 0 radical (unpaired) electrons. The van der Waals surface area contributed by atoms with E-state index in [2.05, 4.69) is 6.07 Å². The fraction of sp³-hybridized carbons (Fsp3) is 0.500. The highest BCUT2D eigenvalue weighted by Crippen LogP contribution is 2.35. The zero-order valence-electron chi connectivity index (χ0n) is 10.3. The molecule has 0 amide bonds. The second kappa shape index (κ2) is 5.77. The molecule has 0 saturated heterocycles. The molecule has 17 heavy (non-hydrogen) atoms. The first kappa shape index (κ1) is 13.6. The normalized spacial score (nSPS) is 11.2. The van der Waals surface area contributed by atoms with Gasteiger partial charge in [0.2, 0.25) is 0 Å². The minimum absolute atomic E-state index is 0.324. The zero-order valence-corrected chi connectivity index (χ0v) is 10.3. The Hall–Kier alpha value is -1.43. The van der Waals surface area contributed by atoms with Gasteiger partial charge in [-0.1, -0.05) is 32.8 Å². The number of hydrogen-bond acceptors (Lipinski definition) is 1. The fourth-order valence-electron chi connectivity index (χ4n) is 2.30. The molecule has 1 nitrogen and oxygen atoms in total. The maximum atomic E-state index is 13.8. The first-order chi connectivity index (χ1) is 8.09. The molecule has 92 valence electrons. The van der Waals surface area contributed by atoms with Gasteiger partial charge >= 0.3 is 0 Å². The highest BCUT2D eigenvalue weighted by Gasteiger charge is 2.33. The van der Waals surface area contributed by atoms with E-state index in [0.29, 0.717) is 18.4 Å². The van der Waals surface area contributed by atoms with Gasteiger partial charge in [-0.25, -0.2) is 8.78 Å². The van der Waals surface area contributed by atoms with Gasteiger partial charge < -0.3 is 0 Å². The van der Waals surface area contributed by atoms with Crippen LogP contribution >= 0.6 is 0 Å². The van der Waals surface area contributed by atoms with E-state index in [-0.39, 0.29) is 0 Å². The van der Waals surface area contributed by atoms with Crippen LogP contribution in [0, 0.1) is 23.0 Å². The first-order valence-corrected chi connectivity index (χ1v) is 5.96. The van der Waals surface area contributed by atoms with Gasteiger partial charge in [0.05, 0.1) is 11.5 Å². The van der Waals surface area contributed by atoms with Crippen molar-refractivity contribution in [3.63, 3.8) is 0 Å². The van der Waals surface area contributed by atoms with Crippen LogP contribution in [0.25, 0.3) is 0 Å². The molecule has 1 aromatic rings. The van der Waals surface area contributed by atoms with E-state index in [1.165, 1.54) is 12.1 Å². The van der Waals surface area contributed by atoms with E-state index in [0.717, 1.165) is 18.9 Å². The van der Waals surface area contributed by atoms with Gasteiger partial charge in [-0.2, -0.15) is 5.26 Å². The van der Waals surface area contributed by atoms with Crippen LogP contribution in [0.3, 0.4) is 0 Å². The molecular weight excluding hydrogens is 220 g/mol. The molecule has 0 aliphatic heterocycles. The monoisotopic (exact) mass is 237 g/mol. The molecule has 0 fully saturated rings.